The zero-order valence-corrected chi connectivity index (χ0v) is 7.61. The number of rotatable bonds is 1. The Morgan fingerprint density at radius 2 is 2.31 bits per heavy atom. The van der Waals surface area contributed by atoms with Gasteiger partial charge in [-0.05, 0) is 5.92 Å². The minimum Gasteiger partial charge on any atom is -0.292 e. The van der Waals surface area contributed by atoms with Crippen LogP contribution in [0.15, 0.2) is 23.3 Å². The smallest absolute Gasteiger partial charge is 0.252 e. The third-order valence-electron chi connectivity index (χ3n) is 1.96. The van der Waals surface area contributed by atoms with Crippen molar-refractivity contribution in [2.24, 2.45) is 0 Å². The topological polar surface area (TPSA) is 50.2 Å². The summed E-state index contributed by atoms with van der Waals surface area (Å²) in [5.74, 6) is 0.986. The van der Waals surface area contributed by atoms with Crippen molar-refractivity contribution in [3.8, 4) is 0 Å². The van der Waals surface area contributed by atoms with E-state index in [0.717, 1.165) is 5.69 Å². The Labute approximate surface area is 75.2 Å². The number of fused-ring (bicyclic) bond motifs is 1. The van der Waals surface area contributed by atoms with Crippen molar-refractivity contribution < 1.29 is 0 Å². The maximum atomic E-state index is 11.0. The summed E-state index contributed by atoms with van der Waals surface area (Å²) in [5, 5.41) is 0. The average molecular weight is 177 g/mol. The number of aromatic nitrogens is 3. The first kappa shape index (κ1) is 8.04. The van der Waals surface area contributed by atoms with Crippen molar-refractivity contribution in [2.45, 2.75) is 19.8 Å². The molecule has 0 saturated heterocycles. The fourth-order valence-corrected chi connectivity index (χ4v) is 1.20. The van der Waals surface area contributed by atoms with Crippen molar-refractivity contribution in [1.82, 2.24) is 14.4 Å². The Bertz CT molecular complexity index is 481. The second-order valence-electron chi connectivity index (χ2n) is 3.36. The van der Waals surface area contributed by atoms with Crippen LogP contribution in [0, 0.1) is 0 Å². The van der Waals surface area contributed by atoms with Crippen LogP contribution in [0.25, 0.3) is 5.78 Å². The summed E-state index contributed by atoms with van der Waals surface area (Å²) < 4.78 is 1.82. The number of nitrogens with zero attached hydrogens (tertiary/aromatic N) is 2. The predicted octanol–water partition coefficient (Wildman–Crippen LogP) is 1.15. The lowest BCUT2D eigenvalue weighted by Gasteiger charge is -1.94. The lowest BCUT2D eigenvalue weighted by atomic mass is 10.2. The molecule has 68 valence electrons. The molecule has 1 N–H and O–H groups in total. The SMILES string of the molecule is CC(C)c1cn2ccc(=O)[nH]c2n1. The molecule has 2 aromatic heterocycles. The van der Waals surface area contributed by atoms with E-state index in [1.54, 1.807) is 6.20 Å². The van der Waals surface area contributed by atoms with Gasteiger partial charge in [-0.1, -0.05) is 13.8 Å². The molecule has 2 rings (SSSR count). The number of H-pyrrole nitrogens is 1. The average Bonchev–Trinajstić information content (AvgIpc) is 2.46. The summed E-state index contributed by atoms with van der Waals surface area (Å²) in [4.78, 5) is 17.9. The number of imidazole rings is 1. The molecule has 0 aliphatic rings. The molecule has 0 bridgehead atoms. The van der Waals surface area contributed by atoms with E-state index < -0.39 is 0 Å². The Kier molecular flexibility index (Phi) is 1.69. The summed E-state index contributed by atoms with van der Waals surface area (Å²) in [6.45, 7) is 4.14. The molecule has 0 aliphatic carbocycles. The highest BCUT2D eigenvalue weighted by molar-refractivity contribution is 5.30. The second-order valence-corrected chi connectivity index (χ2v) is 3.36. The number of aromatic amines is 1. The van der Waals surface area contributed by atoms with E-state index in [-0.39, 0.29) is 5.56 Å². The molecule has 4 nitrogen and oxygen atoms in total. The highest BCUT2D eigenvalue weighted by Crippen LogP contribution is 2.11. The van der Waals surface area contributed by atoms with E-state index in [1.165, 1.54) is 6.07 Å². The fraction of sp³-hybridized carbons (Fsp3) is 0.333. The van der Waals surface area contributed by atoms with E-state index in [9.17, 15) is 4.79 Å². The molecular formula is C9H11N3O. The van der Waals surface area contributed by atoms with Crippen LogP contribution in [-0.2, 0) is 0 Å². The van der Waals surface area contributed by atoms with Gasteiger partial charge < -0.3 is 0 Å². The Morgan fingerprint density at radius 1 is 1.54 bits per heavy atom. The molecule has 0 unspecified atom stereocenters. The molecule has 13 heavy (non-hydrogen) atoms. The van der Waals surface area contributed by atoms with Gasteiger partial charge in [0, 0.05) is 18.5 Å². The summed E-state index contributed by atoms with van der Waals surface area (Å²) in [7, 11) is 0. The molecule has 0 radical (unpaired) electrons. The standard InChI is InChI=1S/C9H11N3O/c1-6(2)7-5-12-4-3-8(13)11-9(12)10-7/h3-6H,1-2H3,(H,10,11,13). The Hall–Kier alpha value is -1.58. The third kappa shape index (κ3) is 1.35. The van der Waals surface area contributed by atoms with Gasteiger partial charge >= 0.3 is 0 Å². The van der Waals surface area contributed by atoms with Crippen LogP contribution < -0.4 is 5.56 Å². The molecular weight excluding hydrogens is 166 g/mol. The van der Waals surface area contributed by atoms with Gasteiger partial charge in [0.1, 0.15) is 0 Å². The maximum absolute atomic E-state index is 11.0. The molecule has 0 fully saturated rings. The molecule has 2 heterocycles. The van der Waals surface area contributed by atoms with Gasteiger partial charge in [-0.25, -0.2) is 4.98 Å². The highest BCUT2D eigenvalue weighted by Gasteiger charge is 2.04. The van der Waals surface area contributed by atoms with Crippen LogP contribution >= 0.6 is 0 Å². The fourth-order valence-electron chi connectivity index (χ4n) is 1.20. The zero-order valence-electron chi connectivity index (χ0n) is 7.61. The maximum Gasteiger partial charge on any atom is 0.252 e. The van der Waals surface area contributed by atoms with Crippen molar-refractivity contribution in [3.05, 3.63) is 34.5 Å². The van der Waals surface area contributed by atoms with Crippen molar-refractivity contribution in [1.29, 1.82) is 0 Å². The van der Waals surface area contributed by atoms with E-state index in [4.69, 9.17) is 0 Å². The normalized spacial score (nSPS) is 11.3. The van der Waals surface area contributed by atoms with E-state index in [1.807, 2.05) is 10.6 Å². The first-order chi connectivity index (χ1) is 6.16. The zero-order chi connectivity index (χ0) is 9.42. The molecule has 2 aromatic rings. The lowest BCUT2D eigenvalue weighted by molar-refractivity contribution is 0.833. The van der Waals surface area contributed by atoms with Gasteiger partial charge in [-0.3, -0.25) is 14.2 Å². The minimum absolute atomic E-state index is 0.117. The van der Waals surface area contributed by atoms with Gasteiger partial charge in [-0.15, -0.1) is 0 Å². The Morgan fingerprint density at radius 3 is 3.00 bits per heavy atom. The van der Waals surface area contributed by atoms with Gasteiger partial charge in [0.05, 0.1) is 5.69 Å². The first-order valence-corrected chi connectivity index (χ1v) is 4.25. The Balaban J connectivity index is 2.69. The van der Waals surface area contributed by atoms with Crippen LogP contribution in [0.1, 0.15) is 25.5 Å². The third-order valence-corrected chi connectivity index (χ3v) is 1.96. The summed E-state index contributed by atoms with van der Waals surface area (Å²) in [6.07, 6.45) is 3.64. The van der Waals surface area contributed by atoms with Crippen LogP contribution in [0.2, 0.25) is 0 Å². The van der Waals surface area contributed by atoms with E-state index >= 15 is 0 Å². The lowest BCUT2D eigenvalue weighted by Crippen LogP contribution is -2.05. The quantitative estimate of drug-likeness (QED) is 0.710. The predicted molar refractivity (Wildman–Crippen MR) is 49.9 cm³/mol. The van der Waals surface area contributed by atoms with E-state index in [2.05, 4.69) is 23.8 Å². The molecule has 0 atom stereocenters. The van der Waals surface area contributed by atoms with Crippen LogP contribution in [0.5, 0.6) is 0 Å². The van der Waals surface area contributed by atoms with Crippen molar-refractivity contribution >= 4 is 5.78 Å². The van der Waals surface area contributed by atoms with Gasteiger partial charge in [0.15, 0.2) is 0 Å². The van der Waals surface area contributed by atoms with Crippen molar-refractivity contribution in [2.75, 3.05) is 0 Å². The molecule has 0 aromatic carbocycles. The van der Waals surface area contributed by atoms with Crippen LogP contribution in [-0.4, -0.2) is 14.4 Å². The summed E-state index contributed by atoms with van der Waals surface area (Å²) in [5.41, 5.74) is 0.871. The number of nitrogens with one attached hydrogen (secondary N) is 1. The minimum atomic E-state index is -0.117. The molecule has 0 saturated carbocycles. The molecule has 4 heteroatoms. The molecule has 0 amide bonds. The summed E-state index contributed by atoms with van der Waals surface area (Å²) in [6, 6.07) is 1.48. The monoisotopic (exact) mass is 177 g/mol. The van der Waals surface area contributed by atoms with Crippen molar-refractivity contribution in [3.63, 3.8) is 0 Å². The van der Waals surface area contributed by atoms with Crippen LogP contribution in [0.4, 0.5) is 0 Å². The van der Waals surface area contributed by atoms with E-state index in [0.29, 0.717) is 11.7 Å². The van der Waals surface area contributed by atoms with Gasteiger partial charge in [0.25, 0.3) is 5.56 Å². The molecule has 0 spiro atoms. The number of hydrogen-bond donors (Lipinski definition) is 1. The number of hydrogen-bond acceptors (Lipinski definition) is 2. The summed E-state index contributed by atoms with van der Waals surface area (Å²) >= 11 is 0. The van der Waals surface area contributed by atoms with Gasteiger partial charge in [-0.2, -0.15) is 0 Å². The van der Waals surface area contributed by atoms with Gasteiger partial charge in [0.2, 0.25) is 5.78 Å². The first-order valence-electron chi connectivity index (χ1n) is 4.25. The van der Waals surface area contributed by atoms with Crippen LogP contribution in [0.3, 0.4) is 0 Å². The second kappa shape index (κ2) is 2.73. The highest BCUT2D eigenvalue weighted by atomic mass is 16.1. The largest absolute Gasteiger partial charge is 0.292 e. The molecule has 0 aliphatic heterocycles.